The molecule has 0 radical (unpaired) electrons. The molecule has 1 aliphatic rings. The number of hydrogen-bond acceptors (Lipinski definition) is 5. The van der Waals surface area contributed by atoms with Crippen molar-refractivity contribution in [3.63, 3.8) is 0 Å². The minimum absolute atomic E-state index is 0.0854. The summed E-state index contributed by atoms with van der Waals surface area (Å²) in [5.74, 6) is -1.08. The Morgan fingerprint density at radius 1 is 1.11 bits per heavy atom. The number of carbonyl (C=O) groups is 2. The van der Waals surface area contributed by atoms with Crippen molar-refractivity contribution < 1.29 is 19.1 Å². The van der Waals surface area contributed by atoms with Gasteiger partial charge in [0.1, 0.15) is 12.5 Å². The Bertz CT molecular complexity index is 320. The summed E-state index contributed by atoms with van der Waals surface area (Å²) in [6.45, 7) is 8.31. The van der Waals surface area contributed by atoms with Crippen LogP contribution in [0.3, 0.4) is 0 Å². The van der Waals surface area contributed by atoms with Gasteiger partial charge in [0.2, 0.25) is 0 Å². The van der Waals surface area contributed by atoms with Gasteiger partial charge in [-0.3, -0.25) is 9.59 Å². The van der Waals surface area contributed by atoms with Crippen LogP contribution in [0.5, 0.6) is 0 Å². The number of esters is 2. The van der Waals surface area contributed by atoms with Gasteiger partial charge < -0.3 is 14.8 Å². The van der Waals surface area contributed by atoms with E-state index in [4.69, 9.17) is 4.74 Å². The van der Waals surface area contributed by atoms with E-state index < -0.39 is 11.9 Å². The average molecular weight is 257 g/mol. The van der Waals surface area contributed by atoms with Gasteiger partial charge in [0.05, 0.1) is 7.11 Å². The molecule has 0 aromatic rings. The zero-order chi connectivity index (χ0) is 14.0. The zero-order valence-electron chi connectivity index (χ0n) is 11.8. The molecule has 1 N–H and O–H groups in total. The van der Waals surface area contributed by atoms with Gasteiger partial charge in [-0.15, -0.1) is 0 Å². The van der Waals surface area contributed by atoms with Crippen molar-refractivity contribution in [2.24, 2.45) is 0 Å². The van der Waals surface area contributed by atoms with Crippen molar-refractivity contribution in [2.75, 3.05) is 7.11 Å². The van der Waals surface area contributed by atoms with E-state index in [0.29, 0.717) is 0 Å². The summed E-state index contributed by atoms with van der Waals surface area (Å²) in [5, 5.41) is 3.50. The third-order valence-corrected chi connectivity index (χ3v) is 2.97. The second-order valence-corrected chi connectivity index (χ2v) is 6.17. The van der Waals surface area contributed by atoms with Crippen molar-refractivity contribution in [3.05, 3.63) is 0 Å². The largest absolute Gasteiger partial charge is 0.469 e. The van der Waals surface area contributed by atoms with E-state index in [9.17, 15) is 9.59 Å². The van der Waals surface area contributed by atoms with Crippen LogP contribution in [0.1, 0.15) is 47.0 Å². The average Bonchev–Trinajstić information content (AvgIpc) is 2.11. The Morgan fingerprint density at radius 3 is 2.06 bits per heavy atom. The van der Waals surface area contributed by atoms with Crippen LogP contribution < -0.4 is 5.32 Å². The van der Waals surface area contributed by atoms with Crippen molar-refractivity contribution in [3.8, 4) is 0 Å². The van der Waals surface area contributed by atoms with E-state index >= 15 is 0 Å². The number of rotatable bonds is 3. The summed E-state index contributed by atoms with van der Waals surface area (Å²) in [4.78, 5) is 22.5. The Morgan fingerprint density at radius 2 is 1.61 bits per heavy atom. The van der Waals surface area contributed by atoms with Gasteiger partial charge in [-0.25, -0.2) is 0 Å². The Kier molecular flexibility index (Phi) is 4.37. The molecule has 0 spiro atoms. The molecule has 1 aliphatic heterocycles. The maximum Gasteiger partial charge on any atom is 0.317 e. The lowest BCUT2D eigenvalue weighted by molar-refractivity contribution is -0.159. The lowest BCUT2D eigenvalue weighted by atomic mass is 9.81. The van der Waals surface area contributed by atoms with Crippen LogP contribution in [0.25, 0.3) is 0 Å². The quantitative estimate of drug-likeness (QED) is 0.611. The summed E-state index contributed by atoms with van der Waals surface area (Å²) in [6.07, 6.45) is 1.00. The van der Waals surface area contributed by atoms with Crippen LogP contribution in [0.15, 0.2) is 0 Å². The molecule has 0 aromatic heterocycles. The summed E-state index contributed by atoms with van der Waals surface area (Å²) >= 11 is 0. The molecular weight excluding hydrogens is 234 g/mol. The Balaban J connectivity index is 2.56. The van der Waals surface area contributed by atoms with Crippen LogP contribution in [0.4, 0.5) is 0 Å². The Hall–Kier alpha value is -1.10. The van der Waals surface area contributed by atoms with E-state index in [2.05, 4.69) is 37.7 Å². The molecular formula is C13H23NO4. The maximum absolute atomic E-state index is 11.6. The van der Waals surface area contributed by atoms with Gasteiger partial charge in [0.15, 0.2) is 0 Å². The number of ether oxygens (including phenoxy) is 2. The molecule has 0 aromatic carbocycles. The van der Waals surface area contributed by atoms with Gasteiger partial charge in [0.25, 0.3) is 0 Å². The summed E-state index contributed by atoms with van der Waals surface area (Å²) in [7, 11) is 1.26. The molecule has 1 fully saturated rings. The first-order chi connectivity index (χ1) is 8.13. The topological polar surface area (TPSA) is 64.6 Å². The fraction of sp³-hybridized carbons (Fsp3) is 0.846. The molecule has 5 heteroatoms. The van der Waals surface area contributed by atoms with Gasteiger partial charge in [-0.05, 0) is 27.7 Å². The van der Waals surface area contributed by atoms with Crippen LogP contribution in [-0.2, 0) is 19.1 Å². The predicted octanol–water partition coefficient (Wildman–Crippen LogP) is 1.40. The number of nitrogens with one attached hydrogen (secondary N) is 1. The second-order valence-electron chi connectivity index (χ2n) is 6.17. The first-order valence-corrected chi connectivity index (χ1v) is 6.19. The third-order valence-electron chi connectivity index (χ3n) is 2.97. The Labute approximate surface area is 108 Å². The van der Waals surface area contributed by atoms with Crippen molar-refractivity contribution in [2.45, 2.75) is 64.1 Å². The molecule has 0 saturated carbocycles. The molecule has 0 atom stereocenters. The maximum atomic E-state index is 11.6. The van der Waals surface area contributed by atoms with Gasteiger partial charge >= 0.3 is 11.9 Å². The highest BCUT2D eigenvalue weighted by molar-refractivity contribution is 5.91. The van der Waals surface area contributed by atoms with Crippen LogP contribution in [0.2, 0.25) is 0 Å². The van der Waals surface area contributed by atoms with Crippen LogP contribution in [-0.4, -0.2) is 36.2 Å². The molecule has 0 amide bonds. The molecule has 18 heavy (non-hydrogen) atoms. The van der Waals surface area contributed by atoms with Gasteiger partial charge in [0, 0.05) is 23.9 Å². The van der Waals surface area contributed by atoms with Crippen LogP contribution in [0, 0.1) is 0 Å². The van der Waals surface area contributed by atoms with Gasteiger partial charge in [-0.2, -0.15) is 0 Å². The molecule has 0 bridgehead atoms. The van der Waals surface area contributed by atoms with Crippen LogP contribution >= 0.6 is 0 Å². The first kappa shape index (κ1) is 15.0. The highest BCUT2D eigenvalue weighted by Crippen LogP contribution is 2.30. The predicted molar refractivity (Wildman–Crippen MR) is 67.0 cm³/mol. The van der Waals surface area contributed by atoms with E-state index in [1.54, 1.807) is 0 Å². The molecule has 0 aliphatic carbocycles. The molecule has 1 heterocycles. The van der Waals surface area contributed by atoms with Gasteiger partial charge in [-0.1, -0.05) is 0 Å². The fourth-order valence-corrected chi connectivity index (χ4v) is 2.73. The molecule has 1 rings (SSSR count). The molecule has 0 unspecified atom stereocenters. The van der Waals surface area contributed by atoms with E-state index in [1.165, 1.54) is 7.11 Å². The minimum Gasteiger partial charge on any atom is -0.469 e. The highest BCUT2D eigenvalue weighted by atomic mass is 16.6. The van der Waals surface area contributed by atoms with Crippen molar-refractivity contribution in [1.29, 1.82) is 0 Å². The standard InChI is InChI=1S/C13H23NO4/c1-12(2)7-9(8-13(3,4)14-12)18-11(16)6-10(15)17-5/h9,14H,6-8H2,1-5H3. The smallest absolute Gasteiger partial charge is 0.317 e. The highest BCUT2D eigenvalue weighted by Gasteiger charge is 2.39. The normalized spacial score (nSPS) is 22.3. The summed E-state index contributed by atoms with van der Waals surface area (Å²) in [5.41, 5.74) is -0.171. The number of methoxy groups -OCH3 is 1. The number of carbonyl (C=O) groups excluding carboxylic acids is 2. The molecule has 1 saturated heterocycles. The molecule has 5 nitrogen and oxygen atoms in total. The van der Waals surface area contributed by atoms with Crippen molar-refractivity contribution in [1.82, 2.24) is 5.32 Å². The summed E-state index contributed by atoms with van der Waals surface area (Å²) in [6, 6.07) is 0. The SMILES string of the molecule is COC(=O)CC(=O)OC1CC(C)(C)NC(C)(C)C1. The minimum atomic E-state index is -0.563. The van der Waals surface area contributed by atoms with E-state index in [-0.39, 0.29) is 23.6 Å². The monoisotopic (exact) mass is 257 g/mol. The lowest BCUT2D eigenvalue weighted by Gasteiger charge is -2.45. The second kappa shape index (κ2) is 5.26. The zero-order valence-corrected chi connectivity index (χ0v) is 11.8. The van der Waals surface area contributed by atoms with Crippen molar-refractivity contribution >= 4 is 11.9 Å². The van der Waals surface area contributed by atoms with E-state index in [0.717, 1.165) is 12.8 Å². The first-order valence-electron chi connectivity index (χ1n) is 6.19. The summed E-state index contributed by atoms with van der Waals surface area (Å²) < 4.78 is 9.80. The molecule has 104 valence electrons. The lowest BCUT2D eigenvalue weighted by Crippen LogP contribution is -2.59. The number of hydrogen-bond donors (Lipinski definition) is 1. The van der Waals surface area contributed by atoms with E-state index in [1.807, 2.05) is 0 Å². The third kappa shape index (κ3) is 4.64. The number of piperidine rings is 1. The fourth-order valence-electron chi connectivity index (χ4n) is 2.73.